The quantitative estimate of drug-likeness (QED) is 0.494. The summed E-state index contributed by atoms with van der Waals surface area (Å²) in [5, 5.41) is 2.83. The molecule has 2 unspecified atom stereocenters. The Labute approximate surface area is 203 Å². The second-order valence-electron chi connectivity index (χ2n) is 10.6. The maximum Gasteiger partial charge on any atom is 0.217 e. The second-order valence-corrected chi connectivity index (χ2v) is 10.6. The Bertz CT molecular complexity index is 805. The summed E-state index contributed by atoms with van der Waals surface area (Å²) in [5.74, 6) is 1.42. The van der Waals surface area contributed by atoms with Gasteiger partial charge in [0.05, 0.1) is 5.69 Å². The summed E-state index contributed by atoms with van der Waals surface area (Å²) in [5.41, 5.74) is 4.30. The highest BCUT2D eigenvalue weighted by molar-refractivity contribution is 6.14. The van der Waals surface area contributed by atoms with E-state index in [0.717, 1.165) is 12.1 Å². The number of carbonyl (C=O) groups is 1. The van der Waals surface area contributed by atoms with Crippen molar-refractivity contribution in [2.45, 2.75) is 109 Å². The van der Waals surface area contributed by atoms with Crippen molar-refractivity contribution in [3.63, 3.8) is 0 Å². The molecule has 2 aliphatic carbocycles. The fourth-order valence-electron chi connectivity index (χ4n) is 6.60. The molecule has 180 valence electrons. The van der Waals surface area contributed by atoms with Crippen molar-refractivity contribution >= 4 is 26.0 Å². The highest BCUT2D eigenvalue weighted by Gasteiger charge is 2.32. The van der Waals surface area contributed by atoms with Crippen LogP contribution < -0.4 is 5.23 Å². The standard InChI is InChI=1S/C29H45BN2O/c1-3-11-26-25(16-21-31-27(26)4-2)24-14-6-8-18-29(20-10-15-24)17-7-5-12-23(13-9-19-29)22-28(33)32-30/h3-4,11,16,21,23-24H,2,5-10,12-15,17-20,22,30H2,1H3,(H,32,33)/b11-3-/t23?,24?,29-/m1/s1. The molecule has 0 aromatic carbocycles. The van der Waals surface area contributed by atoms with Gasteiger partial charge in [-0.15, -0.1) is 0 Å². The summed E-state index contributed by atoms with van der Waals surface area (Å²) in [6.45, 7) is 6.09. The maximum absolute atomic E-state index is 11.9. The Morgan fingerprint density at radius 2 is 1.73 bits per heavy atom. The molecular weight excluding hydrogens is 403 g/mol. The molecule has 33 heavy (non-hydrogen) atoms. The van der Waals surface area contributed by atoms with E-state index in [4.69, 9.17) is 0 Å². The van der Waals surface area contributed by atoms with Crippen LogP contribution in [-0.4, -0.2) is 18.9 Å². The van der Waals surface area contributed by atoms with Gasteiger partial charge in [-0.2, -0.15) is 0 Å². The zero-order chi connectivity index (χ0) is 23.5. The minimum absolute atomic E-state index is 0.218. The summed E-state index contributed by atoms with van der Waals surface area (Å²) in [4.78, 5) is 16.5. The second kappa shape index (κ2) is 13.2. The van der Waals surface area contributed by atoms with Gasteiger partial charge in [0.25, 0.3) is 0 Å². The zero-order valence-electron chi connectivity index (χ0n) is 21.2. The van der Waals surface area contributed by atoms with Crippen LogP contribution in [0.3, 0.4) is 0 Å². The average Bonchev–Trinajstić information content (AvgIpc) is 2.99. The zero-order valence-corrected chi connectivity index (χ0v) is 21.2. The Hall–Kier alpha value is -1.84. The lowest BCUT2D eigenvalue weighted by molar-refractivity contribution is -0.120. The maximum atomic E-state index is 11.9. The Kier molecular flexibility index (Phi) is 10.3. The first-order valence-electron chi connectivity index (χ1n) is 13.6. The molecule has 2 saturated carbocycles. The van der Waals surface area contributed by atoms with Crippen LogP contribution in [0.5, 0.6) is 0 Å². The molecule has 0 bridgehead atoms. The van der Waals surface area contributed by atoms with Crippen molar-refractivity contribution in [3.8, 4) is 0 Å². The molecule has 1 aromatic heterocycles. The van der Waals surface area contributed by atoms with Crippen LogP contribution in [0.2, 0.25) is 0 Å². The minimum atomic E-state index is 0.218. The smallest absolute Gasteiger partial charge is 0.217 e. The fraction of sp³-hybridized carbons (Fsp3) is 0.655. The van der Waals surface area contributed by atoms with E-state index in [1.54, 1.807) is 7.98 Å². The molecule has 0 saturated heterocycles. The number of carbonyl (C=O) groups excluding carboxylic acids is 1. The van der Waals surface area contributed by atoms with Crippen molar-refractivity contribution in [2.75, 3.05) is 0 Å². The van der Waals surface area contributed by atoms with Gasteiger partial charge in [0.15, 0.2) is 0 Å². The molecule has 2 aliphatic rings. The van der Waals surface area contributed by atoms with E-state index >= 15 is 0 Å². The predicted molar refractivity (Wildman–Crippen MR) is 144 cm³/mol. The number of aromatic nitrogens is 1. The summed E-state index contributed by atoms with van der Waals surface area (Å²) < 4.78 is 0. The number of hydrogen-bond donors (Lipinski definition) is 1. The van der Waals surface area contributed by atoms with E-state index in [0.29, 0.717) is 17.3 Å². The summed E-state index contributed by atoms with van der Waals surface area (Å²) in [6.07, 6.45) is 27.4. The first kappa shape index (κ1) is 25.8. The summed E-state index contributed by atoms with van der Waals surface area (Å²) in [6, 6.07) is 2.26. The molecular formula is C29H45BN2O. The molecule has 1 heterocycles. The highest BCUT2D eigenvalue weighted by atomic mass is 16.1. The number of pyridine rings is 1. The van der Waals surface area contributed by atoms with E-state index in [-0.39, 0.29) is 5.91 Å². The van der Waals surface area contributed by atoms with E-state index in [9.17, 15) is 4.79 Å². The molecule has 3 atom stereocenters. The van der Waals surface area contributed by atoms with Crippen molar-refractivity contribution in [1.29, 1.82) is 0 Å². The van der Waals surface area contributed by atoms with Gasteiger partial charge in [0, 0.05) is 18.2 Å². The van der Waals surface area contributed by atoms with Gasteiger partial charge in [0.2, 0.25) is 13.9 Å². The van der Waals surface area contributed by atoms with Crippen LogP contribution in [0.1, 0.15) is 126 Å². The number of hydrogen-bond acceptors (Lipinski definition) is 2. The average molecular weight is 449 g/mol. The largest absolute Gasteiger partial charge is 0.406 e. The lowest BCUT2D eigenvalue weighted by Gasteiger charge is -2.34. The number of nitrogens with zero attached hydrogens (tertiary/aromatic N) is 1. The third kappa shape index (κ3) is 7.32. The molecule has 3 nitrogen and oxygen atoms in total. The molecule has 1 aromatic rings. The minimum Gasteiger partial charge on any atom is -0.406 e. The molecule has 3 rings (SSSR count). The number of nitrogens with one attached hydrogen (secondary N) is 1. The van der Waals surface area contributed by atoms with Crippen molar-refractivity contribution < 1.29 is 4.79 Å². The molecule has 0 radical (unpaired) electrons. The lowest BCUT2D eigenvalue weighted by Crippen LogP contribution is -2.23. The van der Waals surface area contributed by atoms with Gasteiger partial charge in [-0.3, -0.25) is 9.78 Å². The first-order valence-corrected chi connectivity index (χ1v) is 13.6. The van der Waals surface area contributed by atoms with E-state index in [1.807, 2.05) is 12.3 Å². The lowest BCUT2D eigenvalue weighted by atomic mass is 9.71. The molecule has 0 aliphatic heterocycles. The number of allylic oxidation sites excluding steroid dienone is 1. The summed E-state index contributed by atoms with van der Waals surface area (Å²) >= 11 is 0. The van der Waals surface area contributed by atoms with Gasteiger partial charge in [-0.1, -0.05) is 57.3 Å². The van der Waals surface area contributed by atoms with E-state index in [1.165, 1.54) is 101 Å². The van der Waals surface area contributed by atoms with Gasteiger partial charge >= 0.3 is 0 Å². The molecule has 4 heteroatoms. The highest BCUT2D eigenvalue weighted by Crippen LogP contribution is 2.46. The predicted octanol–water partition coefficient (Wildman–Crippen LogP) is 6.99. The van der Waals surface area contributed by atoms with Crippen LogP contribution in [0.15, 0.2) is 24.9 Å². The Morgan fingerprint density at radius 1 is 1.09 bits per heavy atom. The van der Waals surface area contributed by atoms with Gasteiger partial charge in [-0.25, -0.2) is 0 Å². The monoisotopic (exact) mass is 448 g/mol. The van der Waals surface area contributed by atoms with Crippen LogP contribution >= 0.6 is 0 Å². The summed E-state index contributed by atoms with van der Waals surface area (Å²) in [7, 11) is 1.77. The van der Waals surface area contributed by atoms with Gasteiger partial charge in [0.1, 0.15) is 0 Å². The van der Waals surface area contributed by atoms with E-state index in [2.05, 4.69) is 41.9 Å². The van der Waals surface area contributed by atoms with Crippen LogP contribution in [0, 0.1) is 11.3 Å². The van der Waals surface area contributed by atoms with Crippen LogP contribution in [0.25, 0.3) is 12.2 Å². The third-order valence-corrected chi connectivity index (χ3v) is 8.43. The molecule has 1 amide bonds. The van der Waals surface area contributed by atoms with Crippen molar-refractivity contribution in [3.05, 3.63) is 41.7 Å². The number of amides is 1. The van der Waals surface area contributed by atoms with Crippen LogP contribution in [-0.2, 0) is 4.79 Å². The first-order chi connectivity index (χ1) is 16.1. The Balaban J connectivity index is 1.67. The Morgan fingerprint density at radius 3 is 2.42 bits per heavy atom. The normalized spacial score (nSPS) is 27.5. The molecule has 1 N–H and O–H groups in total. The fourth-order valence-corrected chi connectivity index (χ4v) is 6.60. The topological polar surface area (TPSA) is 42.0 Å². The van der Waals surface area contributed by atoms with Crippen molar-refractivity contribution in [1.82, 2.24) is 10.2 Å². The molecule has 1 spiro atoms. The third-order valence-electron chi connectivity index (χ3n) is 8.43. The van der Waals surface area contributed by atoms with Crippen molar-refractivity contribution in [2.24, 2.45) is 11.3 Å². The van der Waals surface area contributed by atoms with E-state index < -0.39 is 0 Å². The number of rotatable bonds is 5. The van der Waals surface area contributed by atoms with Gasteiger partial charge < -0.3 is 5.23 Å². The molecule has 2 fully saturated rings. The SMILES string of the molecule is BNC(=O)CC1CCCC[C@@]2(CCCCC(c3ccnc(C=C)c3/C=C\C)CCC2)CCC1. The van der Waals surface area contributed by atoms with Crippen LogP contribution in [0.4, 0.5) is 0 Å². The van der Waals surface area contributed by atoms with Gasteiger partial charge in [-0.05, 0) is 93.2 Å².